The van der Waals surface area contributed by atoms with Gasteiger partial charge in [0.05, 0.1) is 19.2 Å². The van der Waals surface area contributed by atoms with Crippen molar-refractivity contribution in [1.82, 2.24) is 0 Å². The molecule has 6 heteroatoms. The van der Waals surface area contributed by atoms with E-state index in [-0.39, 0.29) is 5.78 Å². The number of methoxy groups -OCH3 is 2. The Morgan fingerprint density at radius 3 is 2.19 bits per heavy atom. The smallest absolute Gasteiger partial charge is 0.195 e. The van der Waals surface area contributed by atoms with Gasteiger partial charge in [-0.3, -0.25) is 4.79 Å². The van der Waals surface area contributed by atoms with Gasteiger partial charge < -0.3 is 9.47 Å². The molecule has 0 aromatic heterocycles. The lowest BCUT2D eigenvalue weighted by Gasteiger charge is -2.12. The summed E-state index contributed by atoms with van der Waals surface area (Å²) >= 11 is 15.3. The van der Waals surface area contributed by atoms with Crippen LogP contribution in [0.3, 0.4) is 0 Å². The second-order valence-corrected chi connectivity index (χ2v) is 5.84. The largest absolute Gasteiger partial charge is 0.493 e. The van der Waals surface area contributed by atoms with Gasteiger partial charge in [-0.15, -0.1) is 0 Å². The molecule has 0 amide bonds. The van der Waals surface area contributed by atoms with E-state index in [0.29, 0.717) is 37.1 Å². The molecule has 0 fully saturated rings. The van der Waals surface area contributed by atoms with E-state index >= 15 is 0 Å². The summed E-state index contributed by atoms with van der Waals surface area (Å²) in [6.45, 7) is 0. The highest BCUT2D eigenvalue weighted by molar-refractivity contribution is 9.10. The van der Waals surface area contributed by atoms with Crippen LogP contribution in [0.2, 0.25) is 10.0 Å². The van der Waals surface area contributed by atoms with E-state index in [4.69, 9.17) is 32.7 Å². The molecule has 21 heavy (non-hydrogen) atoms. The van der Waals surface area contributed by atoms with Gasteiger partial charge in [0.2, 0.25) is 0 Å². The van der Waals surface area contributed by atoms with E-state index in [2.05, 4.69) is 15.9 Å². The van der Waals surface area contributed by atoms with E-state index in [1.807, 2.05) is 0 Å². The summed E-state index contributed by atoms with van der Waals surface area (Å²) < 4.78 is 11.0. The third-order valence-electron chi connectivity index (χ3n) is 2.89. The fourth-order valence-electron chi connectivity index (χ4n) is 1.85. The van der Waals surface area contributed by atoms with Gasteiger partial charge in [-0.1, -0.05) is 23.2 Å². The van der Waals surface area contributed by atoms with Crippen molar-refractivity contribution >= 4 is 44.9 Å². The summed E-state index contributed by atoms with van der Waals surface area (Å²) in [5.74, 6) is 0.766. The fraction of sp³-hybridized carbons (Fsp3) is 0.133. The molecule has 3 nitrogen and oxygen atoms in total. The number of carbonyl (C=O) groups is 1. The first kappa shape index (κ1) is 16.1. The first-order chi connectivity index (χ1) is 9.97. The Labute approximate surface area is 140 Å². The second-order valence-electron chi connectivity index (χ2n) is 4.14. The molecule has 0 spiro atoms. The van der Waals surface area contributed by atoms with Crippen LogP contribution in [0.25, 0.3) is 0 Å². The standard InChI is InChI=1S/C15H11BrCl2O3/c1-20-13-6-10(11(16)7-14(13)21-2)15(19)9-4-3-8(17)5-12(9)18/h3-7H,1-2H3. The molecule has 0 unspecified atom stereocenters. The summed E-state index contributed by atoms with van der Waals surface area (Å²) in [7, 11) is 3.04. The van der Waals surface area contributed by atoms with Crippen LogP contribution in [-0.2, 0) is 0 Å². The van der Waals surface area contributed by atoms with Crippen LogP contribution in [0, 0.1) is 0 Å². The first-order valence-corrected chi connectivity index (χ1v) is 7.44. The Bertz CT molecular complexity index is 702. The highest BCUT2D eigenvalue weighted by atomic mass is 79.9. The van der Waals surface area contributed by atoms with Gasteiger partial charge in [-0.2, -0.15) is 0 Å². The molecule has 0 aliphatic rings. The minimum atomic E-state index is -0.232. The number of ketones is 1. The Morgan fingerprint density at radius 1 is 1.00 bits per heavy atom. The fourth-order valence-corrected chi connectivity index (χ4v) is 2.84. The number of carbonyl (C=O) groups excluding carboxylic acids is 1. The molecule has 0 aliphatic carbocycles. The highest BCUT2D eigenvalue weighted by Crippen LogP contribution is 2.35. The molecule has 0 bridgehead atoms. The lowest BCUT2D eigenvalue weighted by Crippen LogP contribution is -2.04. The number of benzene rings is 2. The minimum Gasteiger partial charge on any atom is -0.493 e. The number of ether oxygens (including phenoxy) is 2. The van der Waals surface area contributed by atoms with Crippen molar-refractivity contribution in [3.63, 3.8) is 0 Å². The van der Waals surface area contributed by atoms with Crippen LogP contribution >= 0.6 is 39.1 Å². The number of hydrogen-bond donors (Lipinski definition) is 0. The van der Waals surface area contributed by atoms with Crippen LogP contribution in [0.4, 0.5) is 0 Å². The van der Waals surface area contributed by atoms with E-state index in [0.717, 1.165) is 0 Å². The number of rotatable bonds is 4. The molecule has 110 valence electrons. The predicted octanol–water partition coefficient (Wildman–Crippen LogP) is 5.00. The van der Waals surface area contributed by atoms with Gasteiger partial charge in [-0.05, 0) is 46.3 Å². The zero-order valence-electron chi connectivity index (χ0n) is 11.2. The zero-order chi connectivity index (χ0) is 15.6. The van der Waals surface area contributed by atoms with Crippen molar-refractivity contribution in [2.75, 3.05) is 14.2 Å². The van der Waals surface area contributed by atoms with Gasteiger partial charge in [0.25, 0.3) is 0 Å². The maximum absolute atomic E-state index is 12.6. The Balaban J connectivity index is 2.53. The quantitative estimate of drug-likeness (QED) is 0.690. The van der Waals surface area contributed by atoms with E-state index in [9.17, 15) is 4.79 Å². The molecule has 0 saturated heterocycles. The summed E-state index contributed by atoms with van der Waals surface area (Å²) in [5.41, 5.74) is 0.797. The molecule has 2 rings (SSSR count). The van der Waals surface area contributed by atoms with Gasteiger partial charge in [-0.25, -0.2) is 0 Å². The van der Waals surface area contributed by atoms with Crippen molar-refractivity contribution in [2.45, 2.75) is 0 Å². The van der Waals surface area contributed by atoms with Crippen molar-refractivity contribution in [3.05, 3.63) is 56.0 Å². The van der Waals surface area contributed by atoms with Crippen molar-refractivity contribution in [1.29, 1.82) is 0 Å². The van der Waals surface area contributed by atoms with Crippen molar-refractivity contribution in [2.24, 2.45) is 0 Å². The van der Waals surface area contributed by atoms with Gasteiger partial charge in [0, 0.05) is 20.6 Å². The molecule has 2 aromatic rings. The van der Waals surface area contributed by atoms with Crippen LogP contribution in [-0.4, -0.2) is 20.0 Å². The maximum atomic E-state index is 12.6. The minimum absolute atomic E-state index is 0.232. The number of hydrogen-bond acceptors (Lipinski definition) is 3. The summed E-state index contributed by atoms with van der Waals surface area (Å²) in [6, 6.07) is 8.03. The molecule has 0 radical (unpaired) electrons. The third kappa shape index (κ3) is 3.34. The SMILES string of the molecule is COc1cc(Br)c(C(=O)c2ccc(Cl)cc2Cl)cc1OC. The van der Waals surface area contributed by atoms with Crippen molar-refractivity contribution < 1.29 is 14.3 Å². The first-order valence-electron chi connectivity index (χ1n) is 5.89. The van der Waals surface area contributed by atoms with Gasteiger partial charge in [0.15, 0.2) is 17.3 Å². The molecule has 0 heterocycles. The van der Waals surface area contributed by atoms with E-state index < -0.39 is 0 Å². The molecule has 0 N–H and O–H groups in total. The third-order valence-corrected chi connectivity index (χ3v) is 4.10. The van der Waals surface area contributed by atoms with Crippen LogP contribution in [0.5, 0.6) is 11.5 Å². The topological polar surface area (TPSA) is 35.5 Å². The van der Waals surface area contributed by atoms with Crippen LogP contribution < -0.4 is 9.47 Å². The second kappa shape index (κ2) is 6.69. The van der Waals surface area contributed by atoms with Gasteiger partial charge >= 0.3 is 0 Å². The van der Waals surface area contributed by atoms with E-state index in [1.165, 1.54) is 20.3 Å². The Hall–Kier alpha value is -1.23. The highest BCUT2D eigenvalue weighted by Gasteiger charge is 2.19. The lowest BCUT2D eigenvalue weighted by molar-refractivity contribution is 0.103. The normalized spacial score (nSPS) is 10.3. The monoisotopic (exact) mass is 388 g/mol. The van der Waals surface area contributed by atoms with Crippen LogP contribution in [0.1, 0.15) is 15.9 Å². The summed E-state index contributed by atoms with van der Waals surface area (Å²) in [4.78, 5) is 12.6. The predicted molar refractivity (Wildman–Crippen MR) is 87.1 cm³/mol. The number of halogens is 3. The average molecular weight is 390 g/mol. The molecular formula is C15H11BrCl2O3. The maximum Gasteiger partial charge on any atom is 0.195 e. The lowest BCUT2D eigenvalue weighted by atomic mass is 10.0. The summed E-state index contributed by atoms with van der Waals surface area (Å²) in [6.07, 6.45) is 0. The van der Waals surface area contributed by atoms with E-state index in [1.54, 1.807) is 24.3 Å². The Kier molecular flexibility index (Phi) is 5.14. The average Bonchev–Trinajstić information content (AvgIpc) is 2.46. The summed E-state index contributed by atoms with van der Waals surface area (Å²) in [5, 5.41) is 0.775. The molecule has 0 aliphatic heterocycles. The molecule has 0 atom stereocenters. The molecule has 0 saturated carbocycles. The van der Waals surface area contributed by atoms with Gasteiger partial charge in [0.1, 0.15) is 0 Å². The molecule has 2 aromatic carbocycles. The van der Waals surface area contributed by atoms with Crippen LogP contribution in [0.15, 0.2) is 34.8 Å². The Morgan fingerprint density at radius 2 is 1.62 bits per heavy atom. The zero-order valence-corrected chi connectivity index (χ0v) is 14.3. The molecular weight excluding hydrogens is 379 g/mol. The van der Waals surface area contributed by atoms with Crippen molar-refractivity contribution in [3.8, 4) is 11.5 Å².